The average molecular weight is 456 g/mol. The first-order valence-electron chi connectivity index (χ1n) is 12.6. The number of fused-ring (bicyclic) bond motifs is 1. The molecule has 1 aliphatic carbocycles. The summed E-state index contributed by atoms with van der Waals surface area (Å²) in [6.07, 6.45) is 9.14. The zero-order valence-corrected chi connectivity index (χ0v) is 19.6. The third-order valence-corrected chi connectivity index (χ3v) is 7.73. The molecular formula is C28H33N5O. The van der Waals surface area contributed by atoms with E-state index in [1.807, 2.05) is 24.3 Å². The third-order valence-electron chi connectivity index (χ3n) is 7.73. The maximum atomic E-state index is 6.43. The standard InChI is InChI=1S/C28H33N5O/c29-27-26-25(22-9-6-10-24(15-22)34-18-20-7-2-1-3-8-20)17-33(28(26)31-19-30-27)23-13-21(14-23)16-32-11-4-5-12-32/h1-3,6-10,15,17,19,21,23,26,28H,4-5,11-14,16,18H2,(H2,29,30,31)/t21-,23-,26?,28?. The van der Waals surface area contributed by atoms with Crippen molar-refractivity contribution in [3.05, 3.63) is 71.9 Å². The lowest BCUT2D eigenvalue weighted by Gasteiger charge is -2.45. The molecule has 2 atom stereocenters. The molecule has 34 heavy (non-hydrogen) atoms. The number of nitrogens with two attached hydrogens (primary N) is 1. The van der Waals surface area contributed by atoms with Crippen LogP contribution in [0.1, 0.15) is 36.8 Å². The number of ether oxygens (including phenoxy) is 1. The zero-order chi connectivity index (χ0) is 22.9. The number of hydrogen-bond donors (Lipinski definition) is 1. The highest BCUT2D eigenvalue weighted by Crippen LogP contribution is 2.44. The Labute approximate surface area is 201 Å². The van der Waals surface area contributed by atoms with Crippen LogP contribution < -0.4 is 10.5 Å². The van der Waals surface area contributed by atoms with Gasteiger partial charge in [0.15, 0.2) is 0 Å². The molecule has 2 aromatic carbocycles. The molecule has 3 heterocycles. The van der Waals surface area contributed by atoms with Crippen molar-refractivity contribution < 1.29 is 4.74 Å². The maximum absolute atomic E-state index is 6.43. The van der Waals surface area contributed by atoms with Gasteiger partial charge >= 0.3 is 0 Å². The number of aliphatic imine (C=N–C) groups is 2. The molecule has 0 bridgehead atoms. The molecule has 0 radical (unpaired) electrons. The Morgan fingerprint density at radius 1 is 1.00 bits per heavy atom. The van der Waals surface area contributed by atoms with E-state index >= 15 is 0 Å². The quantitative estimate of drug-likeness (QED) is 0.682. The molecule has 3 aliphatic heterocycles. The van der Waals surface area contributed by atoms with E-state index < -0.39 is 0 Å². The molecule has 1 saturated carbocycles. The summed E-state index contributed by atoms with van der Waals surface area (Å²) in [4.78, 5) is 14.2. The van der Waals surface area contributed by atoms with E-state index in [0.29, 0.717) is 18.5 Å². The number of likely N-dealkylation sites (tertiary alicyclic amines) is 1. The third kappa shape index (κ3) is 4.23. The van der Waals surface area contributed by atoms with Crippen LogP contribution in [0.4, 0.5) is 0 Å². The van der Waals surface area contributed by atoms with Crippen LogP contribution in [-0.4, -0.2) is 53.8 Å². The lowest BCUT2D eigenvalue weighted by Crippen LogP contribution is -2.50. The normalized spacial score (nSPS) is 28.3. The van der Waals surface area contributed by atoms with E-state index in [4.69, 9.17) is 15.5 Å². The molecule has 6 heteroatoms. The van der Waals surface area contributed by atoms with Gasteiger partial charge < -0.3 is 20.3 Å². The molecule has 0 amide bonds. The molecule has 2 aromatic rings. The van der Waals surface area contributed by atoms with Crippen LogP contribution in [0, 0.1) is 11.8 Å². The van der Waals surface area contributed by atoms with Gasteiger partial charge in [0, 0.05) is 18.8 Å². The molecule has 2 fully saturated rings. The highest BCUT2D eigenvalue weighted by molar-refractivity contribution is 6.01. The SMILES string of the molecule is NC1=NC=NC2C1C(c1cccc(OCc3ccccc3)c1)=CN2[C@H]1C[C@H](CN2CCCC2)C1. The Hall–Kier alpha value is -3.12. The predicted octanol–water partition coefficient (Wildman–Crippen LogP) is 4.14. The first-order chi connectivity index (χ1) is 16.7. The van der Waals surface area contributed by atoms with Gasteiger partial charge in [0.1, 0.15) is 30.7 Å². The maximum Gasteiger partial charge on any atom is 0.136 e. The number of benzene rings is 2. The van der Waals surface area contributed by atoms with Crippen molar-refractivity contribution in [3.63, 3.8) is 0 Å². The smallest absolute Gasteiger partial charge is 0.136 e. The van der Waals surface area contributed by atoms with E-state index in [1.54, 1.807) is 6.34 Å². The molecule has 6 nitrogen and oxygen atoms in total. The first kappa shape index (κ1) is 21.4. The zero-order valence-electron chi connectivity index (χ0n) is 19.6. The van der Waals surface area contributed by atoms with Gasteiger partial charge in [-0.3, -0.25) is 0 Å². The number of rotatable bonds is 7. The number of nitrogens with zero attached hydrogens (tertiary/aromatic N) is 4. The Kier molecular flexibility index (Phi) is 5.83. The van der Waals surface area contributed by atoms with Crippen molar-refractivity contribution >= 4 is 17.7 Å². The van der Waals surface area contributed by atoms with Gasteiger partial charge in [0.2, 0.25) is 0 Å². The van der Waals surface area contributed by atoms with Gasteiger partial charge in [0.25, 0.3) is 0 Å². The molecule has 0 spiro atoms. The molecule has 0 aromatic heterocycles. The summed E-state index contributed by atoms with van der Waals surface area (Å²) < 4.78 is 6.10. The minimum atomic E-state index is -0.00740. The van der Waals surface area contributed by atoms with Crippen LogP contribution in [0.5, 0.6) is 5.75 Å². The van der Waals surface area contributed by atoms with Crippen LogP contribution in [0.2, 0.25) is 0 Å². The van der Waals surface area contributed by atoms with E-state index in [1.165, 1.54) is 50.9 Å². The highest BCUT2D eigenvalue weighted by Gasteiger charge is 2.45. The van der Waals surface area contributed by atoms with Crippen LogP contribution in [0.25, 0.3) is 5.57 Å². The molecule has 2 unspecified atom stereocenters. The summed E-state index contributed by atoms with van der Waals surface area (Å²) in [5.74, 6) is 2.30. The van der Waals surface area contributed by atoms with Gasteiger partial charge in [-0.2, -0.15) is 0 Å². The van der Waals surface area contributed by atoms with Gasteiger partial charge in [-0.15, -0.1) is 0 Å². The lowest BCUT2D eigenvalue weighted by molar-refractivity contribution is 0.0709. The Bertz CT molecular complexity index is 1100. The fourth-order valence-corrected chi connectivity index (χ4v) is 5.88. The van der Waals surface area contributed by atoms with Crippen molar-refractivity contribution in [3.8, 4) is 5.75 Å². The van der Waals surface area contributed by atoms with Crippen molar-refractivity contribution in [1.29, 1.82) is 0 Å². The number of hydrogen-bond acceptors (Lipinski definition) is 6. The first-order valence-corrected chi connectivity index (χ1v) is 12.6. The molecular weight excluding hydrogens is 422 g/mol. The Morgan fingerprint density at radius 3 is 2.65 bits per heavy atom. The van der Waals surface area contributed by atoms with E-state index in [9.17, 15) is 0 Å². The topological polar surface area (TPSA) is 66.5 Å². The molecule has 2 N–H and O–H groups in total. The summed E-state index contributed by atoms with van der Waals surface area (Å²) in [6, 6.07) is 19.1. The Balaban J connectivity index is 1.18. The molecule has 1 saturated heterocycles. The monoisotopic (exact) mass is 455 g/mol. The van der Waals surface area contributed by atoms with Gasteiger partial charge in [0.05, 0.1) is 5.92 Å². The molecule has 4 aliphatic rings. The largest absolute Gasteiger partial charge is 0.489 e. The molecule has 176 valence electrons. The van der Waals surface area contributed by atoms with Crippen LogP contribution in [-0.2, 0) is 6.61 Å². The minimum absolute atomic E-state index is 0.00740. The Morgan fingerprint density at radius 2 is 1.82 bits per heavy atom. The second-order valence-corrected chi connectivity index (χ2v) is 10.0. The van der Waals surface area contributed by atoms with Gasteiger partial charge in [-0.1, -0.05) is 42.5 Å². The fraction of sp³-hybridized carbons (Fsp3) is 0.429. The summed E-state index contributed by atoms with van der Waals surface area (Å²) >= 11 is 0. The summed E-state index contributed by atoms with van der Waals surface area (Å²) in [5.41, 5.74) is 9.91. The lowest BCUT2D eigenvalue weighted by atomic mass is 9.78. The van der Waals surface area contributed by atoms with Crippen molar-refractivity contribution in [2.45, 2.75) is 44.5 Å². The summed E-state index contributed by atoms with van der Waals surface area (Å²) in [5, 5.41) is 0. The minimum Gasteiger partial charge on any atom is -0.489 e. The van der Waals surface area contributed by atoms with Crippen LogP contribution in [0.15, 0.2) is 70.8 Å². The van der Waals surface area contributed by atoms with Crippen molar-refractivity contribution in [1.82, 2.24) is 9.80 Å². The van der Waals surface area contributed by atoms with Gasteiger partial charge in [-0.05, 0) is 73.5 Å². The highest BCUT2D eigenvalue weighted by atomic mass is 16.5. The summed E-state index contributed by atoms with van der Waals surface area (Å²) in [7, 11) is 0. The average Bonchev–Trinajstić information content (AvgIpc) is 3.49. The van der Waals surface area contributed by atoms with Crippen molar-refractivity contribution in [2.24, 2.45) is 27.6 Å². The van der Waals surface area contributed by atoms with Crippen molar-refractivity contribution in [2.75, 3.05) is 19.6 Å². The van der Waals surface area contributed by atoms with Crippen LogP contribution in [0.3, 0.4) is 0 Å². The number of amidine groups is 1. The van der Waals surface area contributed by atoms with E-state index in [0.717, 1.165) is 22.8 Å². The second kappa shape index (κ2) is 9.26. The summed E-state index contributed by atoms with van der Waals surface area (Å²) in [6.45, 7) is 4.36. The van der Waals surface area contributed by atoms with E-state index in [2.05, 4.69) is 51.3 Å². The fourth-order valence-electron chi connectivity index (χ4n) is 5.88. The predicted molar refractivity (Wildman–Crippen MR) is 137 cm³/mol. The van der Waals surface area contributed by atoms with Gasteiger partial charge in [-0.25, -0.2) is 9.98 Å². The molecule has 6 rings (SSSR count). The van der Waals surface area contributed by atoms with Crippen LogP contribution >= 0.6 is 0 Å². The second-order valence-electron chi connectivity index (χ2n) is 10.0. The van der Waals surface area contributed by atoms with E-state index in [-0.39, 0.29) is 12.1 Å².